The van der Waals surface area contributed by atoms with Crippen LogP contribution in [-0.4, -0.2) is 18.8 Å². The Morgan fingerprint density at radius 3 is 2.52 bits per heavy atom. The van der Waals surface area contributed by atoms with E-state index in [0.29, 0.717) is 6.04 Å². The molecule has 0 aromatic heterocycles. The van der Waals surface area contributed by atoms with Gasteiger partial charge in [-0.25, -0.2) is 0 Å². The summed E-state index contributed by atoms with van der Waals surface area (Å²) in [7, 11) is 0. The first-order chi connectivity index (χ1) is 10.1. The van der Waals surface area contributed by atoms with Crippen LogP contribution in [0.2, 0.25) is 0 Å². The Kier molecular flexibility index (Phi) is 5.83. The Morgan fingerprint density at radius 1 is 1.19 bits per heavy atom. The van der Waals surface area contributed by atoms with Crippen LogP contribution in [0.4, 0.5) is 0 Å². The molecule has 0 saturated heterocycles. The summed E-state index contributed by atoms with van der Waals surface area (Å²) in [5, 5.41) is 3.80. The molecule has 0 amide bonds. The number of hydrogen-bond acceptors (Lipinski definition) is 2. The van der Waals surface area contributed by atoms with E-state index in [1.807, 2.05) is 0 Å². The quantitative estimate of drug-likeness (QED) is 0.786. The van der Waals surface area contributed by atoms with Gasteiger partial charge in [0.05, 0.1) is 11.6 Å². The Bertz CT molecular complexity index is 449. The normalized spacial score (nSPS) is 18.9. The van der Waals surface area contributed by atoms with Gasteiger partial charge in [-0.2, -0.15) is 0 Å². The molecule has 1 atom stereocenters. The molecule has 2 heteroatoms. The van der Waals surface area contributed by atoms with Gasteiger partial charge < -0.3 is 10.1 Å². The minimum Gasteiger partial charge on any atom is -0.373 e. The Labute approximate surface area is 130 Å². The van der Waals surface area contributed by atoms with E-state index in [4.69, 9.17) is 4.74 Å². The molecule has 1 fully saturated rings. The number of ether oxygens (including phenoxy) is 1. The van der Waals surface area contributed by atoms with Crippen LogP contribution in [0.1, 0.15) is 68.7 Å². The van der Waals surface area contributed by atoms with E-state index >= 15 is 0 Å². The maximum Gasteiger partial charge on any atom is 0.0876 e. The lowest BCUT2D eigenvalue weighted by Gasteiger charge is -2.39. The van der Waals surface area contributed by atoms with Crippen LogP contribution in [0.25, 0.3) is 0 Å². The molecule has 0 aliphatic heterocycles. The predicted octanol–water partition coefficient (Wildman–Crippen LogP) is 4.69. The first-order valence-corrected chi connectivity index (χ1v) is 8.58. The molecular formula is C19H31NO. The minimum atomic E-state index is -0.0114. The third-order valence-electron chi connectivity index (χ3n) is 4.96. The van der Waals surface area contributed by atoms with E-state index in [-0.39, 0.29) is 5.60 Å². The largest absolute Gasteiger partial charge is 0.373 e. The fraction of sp³-hybridized carbons (Fsp3) is 0.684. The molecule has 1 aliphatic carbocycles. The van der Waals surface area contributed by atoms with Crippen molar-refractivity contribution in [3.8, 4) is 0 Å². The molecule has 0 heterocycles. The van der Waals surface area contributed by atoms with Gasteiger partial charge in [-0.3, -0.25) is 0 Å². The molecule has 1 aliphatic rings. The zero-order valence-electron chi connectivity index (χ0n) is 14.2. The second kappa shape index (κ2) is 7.42. The molecule has 2 rings (SSSR count). The van der Waals surface area contributed by atoms with Crippen molar-refractivity contribution in [2.45, 2.75) is 71.4 Å². The van der Waals surface area contributed by atoms with Gasteiger partial charge in [0.15, 0.2) is 0 Å². The fourth-order valence-electron chi connectivity index (χ4n) is 3.73. The zero-order chi connectivity index (χ0) is 15.3. The minimum absolute atomic E-state index is 0.0114. The molecule has 1 aromatic rings. The average molecular weight is 289 g/mol. The second-order valence-corrected chi connectivity index (χ2v) is 6.38. The summed E-state index contributed by atoms with van der Waals surface area (Å²) < 4.78 is 6.34. The summed E-state index contributed by atoms with van der Waals surface area (Å²) in [6.07, 6.45) is 6.08. The first kappa shape index (κ1) is 16.5. The Morgan fingerprint density at radius 2 is 1.90 bits per heavy atom. The molecule has 118 valence electrons. The molecule has 2 nitrogen and oxygen atoms in total. The lowest BCUT2D eigenvalue weighted by atomic mass is 9.83. The number of benzene rings is 1. The van der Waals surface area contributed by atoms with Crippen LogP contribution in [0.5, 0.6) is 0 Å². The molecule has 1 N–H and O–H groups in total. The van der Waals surface area contributed by atoms with Crippen molar-refractivity contribution in [2.24, 2.45) is 0 Å². The van der Waals surface area contributed by atoms with Crippen molar-refractivity contribution in [3.05, 3.63) is 34.9 Å². The Hall–Kier alpha value is -0.860. The molecule has 21 heavy (non-hydrogen) atoms. The highest BCUT2D eigenvalue weighted by molar-refractivity contribution is 5.37. The van der Waals surface area contributed by atoms with Gasteiger partial charge in [0.2, 0.25) is 0 Å². The lowest BCUT2D eigenvalue weighted by Crippen LogP contribution is -2.45. The van der Waals surface area contributed by atoms with Crippen molar-refractivity contribution in [2.75, 3.05) is 13.2 Å². The van der Waals surface area contributed by atoms with Crippen molar-refractivity contribution < 1.29 is 4.74 Å². The summed E-state index contributed by atoms with van der Waals surface area (Å²) in [5.74, 6) is 0. The van der Waals surface area contributed by atoms with E-state index in [9.17, 15) is 0 Å². The van der Waals surface area contributed by atoms with Crippen molar-refractivity contribution in [1.29, 1.82) is 0 Å². The fourth-order valence-corrected chi connectivity index (χ4v) is 3.73. The SMILES string of the molecule is CCCNC(c1cccc(C)c1C)C1(OCC)CCCC1. The maximum absolute atomic E-state index is 6.34. The number of nitrogens with one attached hydrogen (secondary N) is 1. The zero-order valence-corrected chi connectivity index (χ0v) is 14.2. The van der Waals surface area contributed by atoms with Crippen LogP contribution in [0.15, 0.2) is 18.2 Å². The van der Waals surface area contributed by atoms with Gasteiger partial charge in [-0.05, 0) is 63.3 Å². The van der Waals surface area contributed by atoms with Crippen LogP contribution in [-0.2, 0) is 4.74 Å². The van der Waals surface area contributed by atoms with Crippen LogP contribution < -0.4 is 5.32 Å². The van der Waals surface area contributed by atoms with Crippen molar-refractivity contribution in [3.63, 3.8) is 0 Å². The van der Waals surface area contributed by atoms with Gasteiger partial charge >= 0.3 is 0 Å². The van der Waals surface area contributed by atoms with Crippen LogP contribution >= 0.6 is 0 Å². The average Bonchev–Trinajstić information content (AvgIpc) is 2.93. The third kappa shape index (κ3) is 3.49. The maximum atomic E-state index is 6.34. The second-order valence-electron chi connectivity index (χ2n) is 6.38. The summed E-state index contributed by atoms with van der Waals surface area (Å²) in [5.41, 5.74) is 4.21. The molecule has 0 spiro atoms. The highest BCUT2D eigenvalue weighted by Gasteiger charge is 2.43. The van der Waals surface area contributed by atoms with Gasteiger partial charge in [0.1, 0.15) is 0 Å². The molecule has 0 bridgehead atoms. The molecule has 1 aromatic carbocycles. The molecule has 1 saturated carbocycles. The summed E-state index contributed by atoms with van der Waals surface area (Å²) in [6.45, 7) is 10.7. The standard InChI is InChI=1S/C19H31NO/c1-5-14-20-18(17-11-9-10-15(3)16(17)4)19(21-6-2)12-7-8-13-19/h9-11,18,20H,5-8,12-14H2,1-4H3. The number of hydrogen-bond donors (Lipinski definition) is 1. The number of aryl methyl sites for hydroxylation is 1. The highest BCUT2D eigenvalue weighted by Crippen LogP contribution is 2.44. The number of rotatable bonds is 7. The first-order valence-electron chi connectivity index (χ1n) is 8.58. The smallest absolute Gasteiger partial charge is 0.0876 e. The van der Waals surface area contributed by atoms with Crippen LogP contribution in [0, 0.1) is 13.8 Å². The van der Waals surface area contributed by atoms with E-state index in [1.165, 1.54) is 42.4 Å². The third-order valence-corrected chi connectivity index (χ3v) is 4.96. The van der Waals surface area contributed by atoms with Gasteiger partial charge in [0.25, 0.3) is 0 Å². The molecule has 0 radical (unpaired) electrons. The Balaban J connectivity index is 2.39. The van der Waals surface area contributed by atoms with E-state index in [0.717, 1.165) is 19.6 Å². The van der Waals surface area contributed by atoms with Crippen LogP contribution in [0.3, 0.4) is 0 Å². The lowest BCUT2D eigenvalue weighted by molar-refractivity contribution is -0.0627. The van der Waals surface area contributed by atoms with Gasteiger partial charge in [-0.1, -0.05) is 38.0 Å². The summed E-state index contributed by atoms with van der Waals surface area (Å²) >= 11 is 0. The topological polar surface area (TPSA) is 21.3 Å². The van der Waals surface area contributed by atoms with Gasteiger partial charge in [0, 0.05) is 6.61 Å². The predicted molar refractivity (Wildman–Crippen MR) is 89.8 cm³/mol. The van der Waals surface area contributed by atoms with E-state index < -0.39 is 0 Å². The summed E-state index contributed by atoms with van der Waals surface area (Å²) in [4.78, 5) is 0. The van der Waals surface area contributed by atoms with E-state index in [1.54, 1.807) is 0 Å². The van der Waals surface area contributed by atoms with Crippen molar-refractivity contribution >= 4 is 0 Å². The molecule has 1 unspecified atom stereocenters. The van der Waals surface area contributed by atoms with E-state index in [2.05, 4.69) is 51.2 Å². The highest BCUT2D eigenvalue weighted by atomic mass is 16.5. The van der Waals surface area contributed by atoms with Gasteiger partial charge in [-0.15, -0.1) is 0 Å². The monoisotopic (exact) mass is 289 g/mol. The molecular weight excluding hydrogens is 258 g/mol. The summed E-state index contributed by atoms with van der Waals surface area (Å²) in [6, 6.07) is 7.00. The van der Waals surface area contributed by atoms with Crippen molar-refractivity contribution in [1.82, 2.24) is 5.32 Å².